The molecule has 39 heavy (non-hydrogen) atoms. The summed E-state index contributed by atoms with van der Waals surface area (Å²) in [6.07, 6.45) is 3.68. The molecule has 0 aliphatic carbocycles. The number of phenols is 1. The van der Waals surface area contributed by atoms with E-state index in [2.05, 4.69) is 31.0 Å². The van der Waals surface area contributed by atoms with E-state index in [0.29, 0.717) is 23.3 Å². The second-order valence-electron chi connectivity index (χ2n) is 8.79. The maximum absolute atomic E-state index is 12.4. The average molecular weight is 547 g/mol. The molecule has 10 nitrogen and oxygen atoms in total. The molecule has 0 saturated carbocycles. The molecule has 3 N–H and O–H groups in total. The van der Waals surface area contributed by atoms with Gasteiger partial charge in [-0.25, -0.2) is 0 Å². The molecule has 0 aliphatic heterocycles. The number of nitrogens with zero attached hydrogens (tertiary/aromatic N) is 4. The molecule has 0 spiro atoms. The number of ether oxygens (including phenoxy) is 1. The molecule has 0 radical (unpaired) electrons. The third-order valence-electron chi connectivity index (χ3n) is 5.67. The van der Waals surface area contributed by atoms with Crippen molar-refractivity contribution in [3.8, 4) is 11.5 Å². The number of hydrogen-bond acceptors (Lipinski definition) is 9. The number of hydrogen-bond donors (Lipinski definition) is 3. The highest BCUT2D eigenvalue weighted by molar-refractivity contribution is 7.15. The van der Waals surface area contributed by atoms with Gasteiger partial charge in [-0.3, -0.25) is 9.59 Å². The van der Waals surface area contributed by atoms with Gasteiger partial charge in [-0.15, -0.1) is 15.3 Å². The molecular weight excluding hydrogens is 516 g/mol. The number of aromatic nitrogens is 4. The molecular formula is C28H30N6O4S. The largest absolute Gasteiger partial charge is 0.504 e. The van der Waals surface area contributed by atoms with Crippen LogP contribution in [0.4, 0.5) is 10.9 Å². The van der Waals surface area contributed by atoms with Crippen LogP contribution in [0.5, 0.6) is 11.5 Å². The quantitative estimate of drug-likeness (QED) is 0.210. The smallest absolute Gasteiger partial charge is 0.230 e. The lowest BCUT2D eigenvalue weighted by Crippen LogP contribution is -2.15. The molecule has 0 fully saturated rings. The predicted molar refractivity (Wildman–Crippen MR) is 149 cm³/mol. The third-order valence-corrected chi connectivity index (χ3v) is 6.57. The number of anilines is 2. The minimum atomic E-state index is -0.218. The molecule has 202 valence electrons. The van der Waals surface area contributed by atoms with Gasteiger partial charge in [0.25, 0.3) is 0 Å². The van der Waals surface area contributed by atoms with Gasteiger partial charge in [0.15, 0.2) is 17.3 Å². The summed E-state index contributed by atoms with van der Waals surface area (Å²) < 4.78 is 5.37. The highest BCUT2D eigenvalue weighted by atomic mass is 32.1. The van der Waals surface area contributed by atoms with Gasteiger partial charge < -0.3 is 20.5 Å². The summed E-state index contributed by atoms with van der Waals surface area (Å²) >= 11 is 1.35. The first-order chi connectivity index (χ1) is 19.0. The van der Waals surface area contributed by atoms with Crippen LogP contribution in [-0.4, -0.2) is 43.9 Å². The minimum absolute atomic E-state index is 0.0434. The van der Waals surface area contributed by atoms with Crippen LogP contribution in [0.1, 0.15) is 41.6 Å². The van der Waals surface area contributed by atoms with Crippen molar-refractivity contribution in [1.82, 2.24) is 20.4 Å². The molecule has 0 atom stereocenters. The Hall–Kier alpha value is -4.38. The first kappa shape index (κ1) is 27.6. The summed E-state index contributed by atoms with van der Waals surface area (Å²) in [7, 11) is 0. The number of amides is 2. The Kier molecular flexibility index (Phi) is 9.90. The molecule has 2 aromatic carbocycles. The fraction of sp³-hybridized carbons (Fsp3) is 0.286. The Balaban J connectivity index is 1.16. The topological polar surface area (TPSA) is 139 Å². The van der Waals surface area contributed by atoms with Crippen molar-refractivity contribution in [2.24, 2.45) is 0 Å². The van der Waals surface area contributed by atoms with E-state index in [1.807, 2.05) is 43.3 Å². The van der Waals surface area contributed by atoms with Crippen LogP contribution in [0.3, 0.4) is 0 Å². The maximum Gasteiger partial charge on any atom is 0.230 e. The zero-order valence-electron chi connectivity index (χ0n) is 21.6. The molecule has 0 aliphatic rings. The van der Waals surface area contributed by atoms with Gasteiger partial charge in [-0.05, 0) is 61.6 Å². The van der Waals surface area contributed by atoms with Crippen LogP contribution in [-0.2, 0) is 35.3 Å². The maximum atomic E-state index is 12.4. The van der Waals surface area contributed by atoms with Crippen LogP contribution < -0.4 is 15.4 Å². The average Bonchev–Trinajstić information content (AvgIpc) is 3.37. The van der Waals surface area contributed by atoms with Crippen LogP contribution in [0.15, 0.2) is 60.7 Å². The SMILES string of the molecule is CCOc1cc(CC(=O)Nc2nnc(CCCCc3ccc(NC(=O)Cc4ccccc4)nn3)s2)ccc1O. The summed E-state index contributed by atoms with van der Waals surface area (Å²) in [5, 5.41) is 33.2. The molecule has 2 heterocycles. The van der Waals surface area contributed by atoms with Crippen molar-refractivity contribution in [3.63, 3.8) is 0 Å². The number of rotatable bonds is 13. The van der Waals surface area contributed by atoms with Gasteiger partial charge >= 0.3 is 0 Å². The highest BCUT2D eigenvalue weighted by Gasteiger charge is 2.12. The van der Waals surface area contributed by atoms with E-state index in [1.54, 1.807) is 18.2 Å². The van der Waals surface area contributed by atoms with Gasteiger partial charge in [0.2, 0.25) is 16.9 Å². The Labute approximate surface area is 230 Å². The normalized spacial score (nSPS) is 10.7. The Bertz CT molecular complexity index is 1380. The van der Waals surface area contributed by atoms with Gasteiger partial charge in [0, 0.05) is 6.42 Å². The molecule has 0 saturated heterocycles. The number of benzene rings is 2. The number of phenolic OH excluding ortho intramolecular Hbond substituents is 1. The molecule has 0 unspecified atom stereocenters. The fourth-order valence-electron chi connectivity index (χ4n) is 3.80. The monoisotopic (exact) mass is 546 g/mol. The summed E-state index contributed by atoms with van der Waals surface area (Å²) in [6, 6.07) is 18.0. The second kappa shape index (κ2) is 14.0. The number of unbranched alkanes of at least 4 members (excludes halogenated alkanes) is 1. The lowest BCUT2D eigenvalue weighted by atomic mass is 10.1. The Morgan fingerprint density at radius 2 is 1.62 bits per heavy atom. The van der Waals surface area contributed by atoms with Crippen molar-refractivity contribution >= 4 is 34.1 Å². The lowest BCUT2D eigenvalue weighted by molar-refractivity contribution is -0.116. The van der Waals surface area contributed by atoms with Crippen LogP contribution >= 0.6 is 11.3 Å². The van der Waals surface area contributed by atoms with E-state index in [-0.39, 0.29) is 30.4 Å². The zero-order chi connectivity index (χ0) is 27.5. The first-order valence-electron chi connectivity index (χ1n) is 12.7. The number of carbonyl (C=O) groups is 2. The molecule has 0 bridgehead atoms. The molecule has 4 rings (SSSR count). The van der Waals surface area contributed by atoms with Crippen molar-refractivity contribution in [1.29, 1.82) is 0 Å². The van der Waals surface area contributed by atoms with E-state index in [0.717, 1.165) is 47.5 Å². The van der Waals surface area contributed by atoms with Gasteiger partial charge in [-0.2, -0.15) is 5.10 Å². The van der Waals surface area contributed by atoms with Crippen molar-refractivity contribution < 1.29 is 19.4 Å². The van der Waals surface area contributed by atoms with E-state index in [9.17, 15) is 14.7 Å². The third kappa shape index (κ3) is 8.85. The number of nitrogens with one attached hydrogen (secondary N) is 2. The standard InChI is InChI=1S/C28H30N6O4S/c1-2-38-23-16-20(12-14-22(23)35)18-26(37)30-28-34-33-27(39-28)11-7-6-10-21-13-15-24(32-31-21)29-25(36)17-19-8-4-3-5-9-19/h3-5,8-9,12-16,35H,2,6-7,10-11,17-18H2,1H3,(H,29,32,36)(H,30,34,37). The van der Waals surface area contributed by atoms with E-state index >= 15 is 0 Å². The summed E-state index contributed by atoms with van der Waals surface area (Å²) in [5.41, 5.74) is 2.52. The van der Waals surface area contributed by atoms with Crippen molar-refractivity contribution in [3.05, 3.63) is 82.5 Å². The van der Waals surface area contributed by atoms with Crippen molar-refractivity contribution in [2.45, 2.75) is 45.4 Å². The molecule has 2 amide bonds. The first-order valence-corrected chi connectivity index (χ1v) is 13.5. The number of aromatic hydroxyl groups is 1. The highest BCUT2D eigenvalue weighted by Crippen LogP contribution is 2.27. The Morgan fingerprint density at radius 1 is 0.846 bits per heavy atom. The number of aryl methyl sites for hydroxylation is 2. The molecule has 4 aromatic rings. The summed E-state index contributed by atoms with van der Waals surface area (Å²) in [6.45, 7) is 2.25. The zero-order valence-corrected chi connectivity index (χ0v) is 22.4. The number of carbonyl (C=O) groups excluding carboxylic acids is 2. The van der Waals surface area contributed by atoms with E-state index in [4.69, 9.17) is 4.74 Å². The van der Waals surface area contributed by atoms with Crippen LogP contribution in [0, 0.1) is 0 Å². The lowest BCUT2D eigenvalue weighted by Gasteiger charge is -2.08. The molecule has 2 aromatic heterocycles. The minimum Gasteiger partial charge on any atom is -0.504 e. The predicted octanol–water partition coefficient (Wildman–Crippen LogP) is 4.36. The second-order valence-corrected chi connectivity index (χ2v) is 9.85. The van der Waals surface area contributed by atoms with Gasteiger partial charge in [0.1, 0.15) is 5.01 Å². The van der Waals surface area contributed by atoms with Crippen LogP contribution in [0.25, 0.3) is 0 Å². The van der Waals surface area contributed by atoms with Gasteiger partial charge in [0.05, 0.1) is 25.1 Å². The van der Waals surface area contributed by atoms with Gasteiger partial charge in [-0.1, -0.05) is 47.7 Å². The summed E-state index contributed by atoms with van der Waals surface area (Å²) in [4.78, 5) is 24.6. The summed E-state index contributed by atoms with van der Waals surface area (Å²) in [5.74, 6) is 0.481. The van der Waals surface area contributed by atoms with E-state index in [1.165, 1.54) is 17.4 Å². The molecule has 11 heteroatoms. The van der Waals surface area contributed by atoms with Crippen LogP contribution in [0.2, 0.25) is 0 Å². The Morgan fingerprint density at radius 3 is 2.38 bits per heavy atom. The fourth-order valence-corrected chi connectivity index (χ4v) is 4.60. The van der Waals surface area contributed by atoms with E-state index < -0.39 is 0 Å². The van der Waals surface area contributed by atoms with Crippen molar-refractivity contribution in [2.75, 3.05) is 17.2 Å².